The molecular formula is C68H76Br3N15O8S3. The van der Waals surface area contributed by atoms with Gasteiger partial charge in [-0.3, -0.25) is 14.4 Å². The van der Waals surface area contributed by atoms with Crippen molar-refractivity contribution < 1.29 is 38.8 Å². The Kier molecular flexibility index (Phi) is 21.2. The maximum atomic E-state index is 12.1. The summed E-state index contributed by atoms with van der Waals surface area (Å²) in [5, 5.41) is 21.8. The molecule has 6 aliphatic heterocycles. The number of aliphatic hydroxyl groups excluding tert-OH is 2. The zero-order valence-electron chi connectivity index (χ0n) is 54.0. The Hall–Kier alpha value is -6.86. The number of amides is 3. The number of likely N-dealkylation sites (tertiary alicyclic amines) is 3. The van der Waals surface area contributed by atoms with Gasteiger partial charge in [-0.05, 0) is 189 Å². The second-order valence-corrected chi connectivity index (χ2v) is 30.9. The molecule has 3 unspecified atom stereocenters. The van der Waals surface area contributed by atoms with Crippen LogP contribution in [0.2, 0.25) is 0 Å². The van der Waals surface area contributed by atoms with Gasteiger partial charge in [0.2, 0.25) is 5.91 Å². The lowest BCUT2D eigenvalue weighted by Crippen LogP contribution is -2.36. The predicted octanol–water partition coefficient (Wildman–Crippen LogP) is 11.1. The third kappa shape index (κ3) is 15.2. The fraction of sp³-hybridized carbons (Fsp3) is 0.426. The average molecular weight is 1570 g/mol. The molecule has 3 saturated heterocycles. The Balaban J connectivity index is 0.000000131. The van der Waals surface area contributed by atoms with Crippen molar-refractivity contribution in [3.05, 3.63) is 103 Å². The van der Waals surface area contributed by atoms with Crippen molar-refractivity contribution in [2.75, 3.05) is 76.3 Å². The number of aryl methyl sites for hydroxylation is 3. The molecule has 3 amide bonds. The minimum Gasteiger partial charge on any atom is -0.493 e. The van der Waals surface area contributed by atoms with E-state index in [9.17, 15) is 24.6 Å². The summed E-state index contributed by atoms with van der Waals surface area (Å²) in [5.41, 5.74) is 27.1. The predicted molar refractivity (Wildman–Crippen MR) is 385 cm³/mol. The summed E-state index contributed by atoms with van der Waals surface area (Å²) in [5.74, 6) is 5.11. The van der Waals surface area contributed by atoms with Crippen LogP contribution in [0.3, 0.4) is 0 Å². The largest absolute Gasteiger partial charge is 0.493 e. The zero-order chi connectivity index (χ0) is 67.8. The highest BCUT2D eigenvalue weighted by Crippen LogP contribution is 2.45. The van der Waals surface area contributed by atoms with Crippen molar-refractivity contribution >= 4 is 151 Å². The Morgan fingerprint density at radius 2 is 0.825 bits per heavy atom. The monoisotopic (exact) mass is 1560 g/mol. The van der Waals surface area contributed by atoms with E-state index in [1.54, 1.807) is 70.6 Å². The highest BCUT2D eigenvalue weighted by Gasteiger charge is 2.32. The molecule has 5 atom stereocenters. The van der Waals surface area contributed by atoms with E-state index in [1.165, 1.54) is 30.5 Å². The normalized spacial score (nSPS) is 18.3. The number of ether oxygens (including phenoxy) is 3. The molecule has 0 spiro atoms. The number of hydrogen-bond donors (Lipinski definition) is 5. The smallest absolute Gasteiger partial charge is 0.251 e. The van der Waals surface area contributed by atoms with Crippen LogP contribution in [0.4, 0.5) is 17.5 Å². The topological polar surface area (TPSA) is 299 Å². The number of fused-ring (bicyclic) bond motifs is 6. The second kappa shape index (κ2) is 29.9. The number of aromatic nitrogens is 9. The SMILES string of the molecule is CC(=O)N1CCC(CCn2c(Sc3cc4c(cc3Br)CCO4)nc3c(N)nccc32)C1.C[C@@H](O)C(=O)N1CCC(CCn2c(Sc3cc4c(cc3Br)CCO4)nc3c(N)nccc32)C1.C[C@H](O)C(=O)N1CCC(CCn2c(Sc3cc4c(cc3Br)CCO4)nc3c(N)nccc32)C1. The number of benzene rings is 3. The second-order valence-electron chi connectivity index (χ2n) is 25.3. The van der Waals surface area contributed by atoms with Gasteiger partial charge in [0.25, 0.3) is 11.8 Å². The maximum absolute atomic E-state index is 12.1. The van der Waals surface area contributed by atoms with Crippen LogP contribution in [-0.2, 0) is 53.3 Å². The highest BCUT2D eigenvalue weighted by molar-refractivity contribution is 9.11. The van der Waals surface area contributed by atoms with Crippen LogP contribution in [0.1, 0.15) is 76.0 Å². The molecule has 0 bridgehead atoms. The number of nitrogens with two attached hydrogens (primary N) is 3. The zero-order valence-corrected chi connectivity index (χ0v) is 61.2. The van der Waals surface area contributed by atoms with Crippen LogP contribution in [0, 0.1) is 17.8 Å². The fourth-order valence-corrected chi connectivity index (χ4v) is 18.2. The van der Waals surface area contributed by atoms with Gasteiger partial charge in [-0.1, -0.05) is 35.3 Å². The lowest BCUT2D eigenvalue weighted by atomic mass is 10.1. The number of carbonyl (C=O) groups excluding carboxylic acids is 3. The first kappa shape index (κ1) is 68.7. The van der Waals surface area contributed by atoms with Gasteiger partial charge in [-0.2, -0.15) is 0 Å². The molecule has 510 valence electrons. The third-order valence-electron chi connectivity index (χ3n) is 18.7. The molecule has 6 aromatic heterocycles. The Labute approximate surface area is 599 Å². The number of carbonyl (C=O) groups is 3. The lowest BCUT2D eigenvalue weighted by molar-refractivity contribution is -0.138. The van der Waals surface area contributed by atoms with E-state index in [0.717, 1.165) is 180 Å². The van der Waals surface area contributed by atoms with Crippen LogP contribution >= 0.6 is 83.1 Å². The van der Waals surface area contributed by atoms with E-state index in [-0.39, 0.29) is 17.7 Å². The summed E-state index contributed by atoms with van der Waals surface area (Å²) in [7, 11) is 0. The Morgan fingerprint density at radius 3 is 1.12 bits per heavy atom. The Morgan fingerprint density at radius 1 is 0.515 bits per heavy atom. The van der Waals surface area contributed by atoms with Crippen LogP contribution in [-0.4, -0.2) is 158 Å². The standard InChI is InChI=1S/2C23H26BrN5O3S.C22H24BrN5O2S/c2*1-13(30)22(31)28-7-3-14(12-28)4-8-29-17-2-6-26-21(25)20(17)27-23(29)33-19-11-18-15(5-9-32-18)10-16(19)24;1-13(29)27-7-3-14(12-27)4-8-28-17-2-6-25-21(24)20(17)26-22(28)31-19-11-18-15(5-9-30-18)10-16(19)23/h2*2,6,10-11,13-14,30H,3-5,7-9,12H2,1H3,(H2,25,26);2,6,10-11,14H,3-5,7-9,12H2,1H3,(H2,24,25)/t2*13-,14?;/m10./s1. The number of hydrogen-bond acceptors (Lipinski definition) is 20. The van der Waals surface area contributed by atoms with Gasteiger partial charge >= 0.3 is 0 Å². The number of halogens is 3. The molecule has 6 aliphatic rings. The van der Waals surface area contributed by atoms with E-state index >= 15 is 0 Å². The highest BCUT2D eigenvalue weighted by atomic mass is 79.9. The number of rotatable bonds is 17. The van der Waals surface area contributed by atoms with Gasteiger partial charge < -0.3 is 70.0 Å². The van der Waals surface area contributed by atoms with Gasteiger partial charge in [-0.15, -0.1) is 0 Å². The number of pyridine rings is 3. The van der Waals surface area contributed by atoms with E-state index in [0.29, 0.717) is 85.6 Å². The minimum absolute atomic E-state index is 0.161. The average Bonchev–Trinajstić information content (AvgIpc) is 1.64. The molecule has 8 N–H and O–H groups in total. The van der Waals surface area contributed by atoms with Gasteiger partial charge in [0.15, 0.2) is 32.9 Å². The molecule has 3 fully saturated rings. The van der Waals surface area contributed by atoms with Crippen LogP contribution in [0.25, 0.3) is 33.1 Å². The van der Waals surface area contributed by atoms with Gasteiger partial charge in [0.1, 0.15) is 46.0 Å². The van der Waals surface area contributed by atoms with Gasteiger partial charge in [0.05, 0.1) is 36.4 Å². The van der Waals surface area contributed by atoms with Crippen LogP contribution in [0.5, 0.6) is 17.2 Å². The van der Waals surface area contributed by atoms with Crippen molar-refractivity contribution in [2.45, 2.75) is 141 Å². The summed E-state index contributed by atoms with van der Waals surface area (Å²) < 4.78 is 27.0. The number of nitrogen functional groups attached to an aromatic ring is 3. The quantitative estimate of drug-likeness (QED) is 0.0566. The maximum Gasteiger partial charge on any atom is 0.251 e. The molecule has 15 rings (SSSR count). The summed E-state index contributed by atoms with van der Waals surface area (Å²) in [6, 6.07) is 18.5. The third-order valence-corrected chi connectivity index (χ3v) is 24.7. The van der Waals surface area contributed by atoms with Gasteiger partial charge in [-0.25, -0.2) is 29.9 Å². The number of aliphatic hydroxyl groups is 2. The fourth-order valence-electron chi connectivity index (χ4n) is 13.4. The summed E-state index contributed by atoms with van der Waals surface area (Å²) in [6.45, 7) is 13.6. The lowest BCUT2D eigenvalue weighted by Gasteiger charge is -2.18. The van der Waals surface area contributed by atoms with Crippen molar-refractivity contribution in [2.24, 2.45) is 17.8 Å². The first-order valence-corrected chi connectivity index (χ1v) is 37.5. The van der Waals surface area contributed by atoms with E-state index in [4.69, 9.17) is 46.4 Å². The molecule has 0 aliphatic carbocycles. The molecule has 12 heterocycles. The first-order valence-electron chi connectivity index (χ1n) is 32.7. The molecule has 29 heteroatoms. The summed E-state index contributed by atoms with van der Waals surface area (Å²) in [4.78, 5) is 71.7. The molecule has 0 radical (unpaired) electrons. The molecule has 3 aromatic carbocycles. The Bertz CT molecular complexity index is 4290. The van der Waals surface area contributed by atoms with Crippen molar-refractivity contribution in [3.63, 3.8) is 0 Å². The first-order chi connectivity index (χ1) is 46.8. The minimum atomic E-state index is -0.949. The number of nitrogens with zero attached hydrogens (tertiary/aromatic N) is 12. The molecule has 97 heavy (non-hydrogen) atoms. The molecule has 23 nitrogen and oxygen atoms in total. The van der Waals surface area contributed by atoms with Gasteiger partial charge in [0, 0.05) is 132 Å². The number of anilines is 3. The molecular weight excluding hydrogens is 1490 g/mol. The van der Waals surface area contributed by atoms with Crippen LogP contribution in [0.15, 0.2) is 117 Å². The van der Waals surface area contributed by atoms with Crippen molar-refractivity contribution in [1.82, 2.24) is 58.3 Å². The molecule has 0 saturated carbocycles. The van der Waals surface area contributed by atoms with Crippen LogP contribution < -0.4 is 31.4 Å². The van der Waals surface area contributed by atoms with E-state index in [2.05, 4.69) is 113 Å². The van der Waals surface area contributed by atoms with E-state index < -0.39 is 12.2 Å². The summed E-state index contributed by atoms with van der Waals surface area (Å²) in [6.07, 6.45) is 11.8. The van der Waals surface area contributed by atoms with Crippen molar-refractivity contribution in [3.8, 4) is 17.2 Å². The summed E-state index contributed by atoms with van der Waals surface area (Å²) >= 11 is 15.9. The number of imidazole rings is 3. The molecule has 9 aromatic rings. The van der Waals surface area contributed by atoms with E-state index in [1.807, 2.05) is 23.1 Å². The van der Waals surface area contributed by atoms with Crippen molar-refractivity contribution in [1.29, 1.82) is 0 Å².